The molecule has 4 aromatic heterocycles. The Morgan fingerprint density at radius 2 is 0.771 bits per heavy atom. The smallest absolute Gasteiger partial charge is 2.00 e. The molecule has 0 bridgehead atoms. The summed E-state index contributed by atoms with van der Waals surface area (Å²) in [5.41, 5.74) is 1.16. The molecule has 386 valence electrons. The van der Waals surface area contributed by atoms with Crippen LogP contribution in [0.3, 0.4) is 0 Å². The summed E-state index contributed by atoms with van der Waals surface area (Å²) in [7, 11) is -18.2. The molecule has 0 aliphatic heterocycles. The summed E-state index contributed by atoms with van der Waals surface area (Å²) >= 11 is 0. The first-order valence-electron chi connectivity index (χ1n) is 19.2. The fourth-order valence-electron chi connectivity index (χ4n) is 6.18. The minimum absolute atomic E-state index is 0. The Morgan fingerprint density at radius 3 is 0.986 bits per heavy atom. The molecular formula is C43H39Cu2F12N7O4P2. The zero-order chi connectivity index (χ0) is 51.0. The zero-order valence-corrected chi connectivity index (χ0v) is 39.9. The van der Waals surface area contributed by atoms with E-state index in [1.54, 1.807) is 93.9 Å². The fourth-order valence-corrected chi connectivity index (χ4v) is 6.18. The predicted octanol–water partition coefficient (Wildman–Crippen LogP) is 12.5. The molecule has 4 heterocycles. The van der Waals surface area contributed by atoms with Gasteiger partial charge in [0.1, 0.15) is 0 Å². The number of halogens is 12. The van der Waals surface area contributed by atoms with Crippen LogP contribution in [0.2, 0.25) is 0 Å². The Hall–Kier alpha value is -5.55. The normalized spacial score (nSPS) is 13.6. The summed E-state index contributed by atoms with van der Waals surface area (Å²) in [4.78, 5) is 27.2. The van der Waals surface area contributed by atoms with Crippen molar-refractivity contribution in [2.75, 3.05) is 27.3 Å². The number of hydrogen-bond donors (Lipinski definition) is 0. The second kappa shape index (κ2) is 23.6. The Bertz CT molecular complexity index is 2400. The van der Waals surface area contributed by atoms with Crippen LogP contribution in [0.5, 0.6) is 11.5 Å². The quantitative estimate of drug-likeness (QED) is 0.0339. The molecule has 2 radical (unpaired) electrons. The molecular weight excluding hydrogens is 1100 g/mol. The van der Waals surface area contributed by atoms with Gasteiger partial charge in [-0.15, -0.1) is 0 Å². The van der Waals surface area contributed by atoms with Crippen LogP contribution in [0.15, 0.2) is 144 Å². The topological polar surface area (TPSA) is 165 Å². The van der Waals surface area contributed by atoms with Crippen LogP contribution in [-0.4, -0.2) is 59.7 Å². The Balaban J connectivity index is 0.00000111. The van der Waals surface area contributed by atoms with Crippen molar-refractivity contribution in [2.24, 2.45) is 9.98 Å². The van der Waals surface area contributed by atoms with Gasteiger partial charge in [-0.25, -0.2) is 0 Å². The Kier molecular flexibility index (Phi) is 21.0. The van der Waals surface area contributed by atoms with E-state index in [9.17, 15) is 60.6 Å². The van der Waals surface area contributed by atoms with Gasteiger partial charge in [-0.3, -0.25) is 29.9 Å². The van der Waals surface area contributed by atoms with E-state index in [4.69, 9.17) is 14.7 Å². The summed E-state index contributed by atoms with van der Waals surface area (Å²) in [5, 5.41) is 35.1. The average molecular weight is 1130 g/mol. The van der Waals surface area contributed by atoms with Crippen molar-refractivity contribution in [2.45, 2.75) is 24.5 Å². The van der Waals surface area contributed by atoms with Crippen LogP contribution in [0.4, 0.5) is 50.4 Å². The minimum Gasteiger partial charge on any atom is 2.00 e. The molecule has 6 rings (SSSR count). The molecule has 0 saturated carbocycles. The molecule has 0 aliphatic rings. The monoisotopic (exact) mass is 1130 g/mol. The van der Waals surface area contributed by atoms with E-state index in [0.717, 1.165) is 0 Å². The van der Waals surface area contributed by atoms with Gasteiger partial charge in [0.2, 0.25) is 0 Å². The number of pyridine rings is 4. The SMILES string of the molecule is CC#N.COC(c1ccccn1)(c1ccccn1)c1cccc(C=NCCCN=Cc2cccc(C(OC)(c3ccccn3)c3ccccn3)c2[O-])c1[O-].F[P-](F)(F)(F)(F)F.F[P-](F)(F)(F)(F)F.[Cu+2].[Cu+2]. The van der Waals surface area contributed by atoms with Crippen molar-refractivity contribution in [3.8, 4) is 17.6 Å². The van der Waals surface area contributed by atoms with Crippen molar-refractivity contribution in [3.05, 3.63) is 179 Å². The van der Waals surface area contributed by atoms with Crippen molar-refractivity contribution in [3.63, 3.8) is 0 Å². The maximum absolute atomic E-state index is 13.9. The molecule has 70 heavy (non-hydrogen) atoms. The number of ether oxygens (including phenoxy) is 2. The number of hydrogen-bond acceptors (Lipinski definition) is 11. The number of aromatic nitrogens is 4. The molecule has 11 nitrogen and oxygen atoms in total. The number of para-hydroxylation sites is 2. The molecule has 0 spiro atoms. The molecule has 6 aromatic rings. The van der Waals surface area contributed by atoms with Crippen LogP contribution in [-0.2, 0) is 54.8 Å². The molecule has 27 heteroatoms. The summed E-state index contributed by atoms with van der Waals surface area (Å²) in [6, 6.07) is 34.2. The summed E-state index contributed by atoms with van der Waals surface area (Å²) in [5.74, 6) is -0.465. The molecule has 0 unspecified atom stereocenters. The molecule has 0 aliphatic carbocycles. The maximum Gasteiger partial charge on any atom is 2.00 e. The van der Waals surface area contributed by atoms with Crippen molar-refractivity contribution in [1.82, 2.24) is 19.9 Å². The fraction of sp³-hybridized carbons (Fsp3) is 0.186. The number of aliphatic imine (C=N–C) groups is 2. The molecule has 0 saturated heterocycles. The van der Waals surface area contributed by atoms with Gasteiger partial charge in [0.25, 0.3) is 0 Å². The van der Waals surface area contributed by atoms with E-state index < -0.39 is 26.8 Å². The number of methoxy groups -OCH3 is 2. The summed E-state index contributed by atoms with van der Waals surface area (Å²) < 4.78 is 131. The number of nitriles is 1. The average Bonchev–Trinajstić information content (AvgIpc) is 3.26. The van der Waals surface area contributed by atoms with E-state index in [-0.39, 0.29) is 45.6 Å². The van der Waals surface area contributed by atoms with E-state index in [1.807, 2.05) is 72.8 Å². The van der Waals surface area contributed by atoms with E-state index in [0.29, 0.717) is 64.5 Å². The Morgan fingerprint density at radius 1 is 0.514 bits per heavy atom. The third-order valence-electron chi connectivity index (χ3n) is 8.60. The van der Waals surface area contributed by atoms with E-state index in [2.05, 4.69) is 29.9 Å². The van der Waals surface area contributed by atoms with Crippen molar-refractivity contribution >= 4 is 28.0 Å². The first-order valence-corrected chi connectivity index (χ1v) is 23.2. The van der Waals surface area contributed by atoms with Gasteiger partial charge in [0.05, 0.1) is 28.8 Å². The van der Waals surface area contributed by atoms with Crippen LogP contribution in [0.1, 0.15) is 58.4 Å². The van der Waals surface area contributed by atoms with E-state index in [1.165, 1.54) is 6.92 Å². The number of rotatable bonds is 14. The van der Waals surface area contributed by atoms with Gasteiger partial charge in [-0.05, 0) is 77.2 Å². The van der Waals surface area contributed by atoms with Gasteiger partial charge in [0, 0.05) is 71.4 Å². The second-order valence-corrected chi connectivity index (χ2v) is 17.5. The molecule has 0 amide bonds. The van der Waals surface area contributed by atoms with Crippen LogP contribution in [0.25, 0.3) is 0 Å². The third-order valence-corrected chi connectivity index (χ3v) is 8.60. The third kappa shape index (κ3) is 20.8. The first-order chi connectivity index (χ1) is 31.4. The largest absolute Gasteiger partial charge is 2.00 e. The second-order valence-electron chi connectivity index (χ2n) is 13.6. The predicted molar refractivity (Wildman–Crippen MR) is 230 cm³/mol. The van der Waals surface area contributed by atoms with Gasteiger partial charge >= 0.3 is 100 Å². The minimum atomic E-state index is -10.7. The van der Waals surface area contributed by atoms with Gasteiger partial charge < -0.3 is 19.7 Å². The molecule has 0 N–H and O–H groups in total. The van der Waals surface area contributed by atoms with Gasteiger partial charge in [-0.1, -0.05) is 72.2 Å². The molecule has 0 fully saturated rings. The van der Waals surface area contributed by atoms with Crippen molar-refractivity contribution < 1.29 is 104 Å². The maximum atomic E-state index is 13.9. The standard InChI is InChI=1S/C41H38N6O4.C2H3N.2Cu.2F6P/c1-50-40(34-18-3-7-24-44-34,35-19-4-8-25-45-35)32-16-11-14-30(38(32)48)28-42-22-13-23-43-29-31-15-12-17-33(39(31)49)41(51-2,36-20-5-9-26-46-36)37-21-6-10-27-47-37;1-2-3;;;2*1-7(2,3,4,5)6/h3-12,14-21,24-29,48-49H,13,22-23H2,1-2H3;1H3;;;;/q;;2*+2;2*-1/p-2. The number of benzene rings is 2. The van der Waals surface area contributed by atoms with E-state index >= 15 is 0 Å². The first kappa shape index (κ1) is 62.5. The van der Waals surface area contributed by atoms with Crippen molar-refractivity contribution in [1.29, 1.82) is 5.26 Å². The van der Waals surface area contributed by atoms with Gasteiger partial charge in [-0.2, -0.15) is 5.26 Å². The van der Waals surface area contributed by atoms with Crippen LogP contribution >= 0.6 is 15.6 Å². The number of nitrogens with zero attached hydrogens (tertiary/aromatic N) is 7. The molecule has 2 aromatic carbocycles. The van der Waals surface area contributed by atoms with Crippen LogP contribution < -0.4 is 10.2 Å². The summed E-state index contributed by atoms with van der Waals surface area (Å²) in [6.07, 6.45) is 10.4. The Labute approximate surface area is 414 Å². The summed E-state index contributed by atoms with van der Waals surface area (Å²) in [6.45, 7) is 2.28. The molecule has 0 atom stereocenters. The van der Waals surface area contributed by atoms with Crippen LogP contribution in [0, 0.1) is 11.3 Å². The zero-order valence-electron chi connectivity index (χ0n) is 36.3. The van der Waals surface area contributed by atoms with Gasteiger partial charge in [0.15, 0.2) is 11.2 Å².